The summed E-state index contributed by atoms with van der Waals surface area (Å²) in [6.45, 7) is 11.4. The number of aryl methyl sites for hydroxylation is 1. The Hall–Kier alpha value is -0.820. The molecule has 0 radical (unpaired) electrons. The van der Waals surface area contributed by atoms with Crippen molar-refractivity contribution in [3.8, 4) is 0 Å². The molecule has 0 heterocycles. The fourth-order valence-electron chi connectivity index (χ4n) is 2.22. The van der Waals surface area contributed by atoms with E-state index in [-0.39, 0.29) is 0 Å². The standard InChI is InChI=1S/C18H31N/c1-5-16(4)18-11-9-17(10-12-18)8-6-7-13-19-14-15(2)3/h9-12,15-16,19H,5-8,13-14H2,1-4H3. The second kappa shape index (κ2) is 9.14. The highest BCUT2D eigenvalue weighted by molar-refractivity contribution is 5.25. The van der Waals surface area contributed by atoms with Crippen LogP contribution >= 0.6 is 0 Å². The van der Waals surface area contributed by atoms with E-state index in [2.05, 4.69) is 57.3 Å². The summed E-state index contributed by atoms with van der Waals surface area (Å²) in [5, 5.41) is 3.50. The van der Waals surface area contributed by atoms with Crippen molar-refractivity contribution in [2.24, 2.45) is 5.92 Å². The average Bonchev–Trinajstić information content (AvgIpc) is 2.42. The van der Waals surface area contributed by atoms with E-state index in [4.69, 9.17) is 0 Å². The molecular formula is C18H31N. The maximum atomic E-state index is 3.50. The van der Waals surface area contributed by atoms with Gasteiger partial charge in [0, 0.05) is 0 Å². The molecule has 1 N–H and O–H groups in total. The van der Waals surface area contributed by atoms with Gasteiger partial charge in [0.1, 0.15) is 0 Å². The molecule has 19 heavy (non-hydrogen) atoms. The van der Waals surface area contributed by atoms with Gasteiger partial charge in [-0.05, 0) is 61.7 Å². The fourth-order valence-corrected chi connectivity index (χ4v) is 2.22. The lowest BCUT2D eigenvalue weighted by Crippen LogP contribution is -2.20. The van der Waals surface area contributed by atoms with Gasteiger partial charge in [-0.15, -0.1) is 0 Å². The Morgan fingerprint density at radius 3 is 2.26 bits per heavy atom. The molecule has 1 rings (SSSR count). The van der Waals surface area contributed by atoms with Crippen LogP contribution in [-0.4, -0.2) is 13.1 Å². The van der Waals surface area contributed by atoms with E-state index in [1.165, 1.54) is 36.8 Å². The molecule has 1 atom stereocenters. The quantitative estimate of drug-likeness (QED) is 0.631. The molecule has 0 fully saturated rings. The van der Waals surface area contributed by atoms with E-state index in [0.29, 0.717) is 5.92 Å². The third kappa shape index (κ3) is 6.77. The van der Waals surface area contributed by atoms with E-state index in [9.17, 15) is 0 Å². The summed E-state index contributed by atoms with van der Waals surface area (Å²) in [6.07, 6.45) is 5.00. The van der Waals surface area contributed by atoms with E-state index in [1.54, 1.807) is 0 Å². The van der Waals surface area contributed by atoms with Gasteiger partial charge in [-0.25, -0.2) is 0 Å². The van der Waals surface area contributed by atoms with Crippen molar-refractivity contribution in [1.82, 2.24) is 5.32 Å². The van der Waals surface area contributed by atoms with Gasteiger partial charge < -0.3 is 5.32 Å². The smallest absolute Gasteiger partial charge is 0.00258 e. The second-order valence-electron chi connectivity index (χ2n) is 6.11. The SMILES string of the molecule is CCC(C)c1ccc(CCCCNCC(C)C)cc1. The topological polar surface area (TPSA) is 12.0 Å². The van der Waals surface area contributed by atoms with Crippen LogP contribution in [0.4, 0.5) is 0 Å². The van der Waals surface area contributed by atoms with Gasteiger partial charge in [-0.3, -0.25) is 0 Å². The van der Waals surface area contributed by atoms with Crippen molar-refractivity contribution in [2.45, 2.75) is 59.3 Å². The van der Waals surface area contributed by atoms with Crippen molar-refractivity contribution in [1.29, 1.82) is 0 Å². The highest BCUT2D eigenvalue weighted by Gasteiger charge is 2.02. The Kier molecular flexibility index (Phi) is 7.81. The van der Waals surface area contributed by atoms with E-state index in [1.807, 2.05) is 0 Å². The number of unbranched alkanes of at least 4 members (excludes halogenated alkanes) is 1. The molecule has 0 amide bonds. The molecule has 0 saturated carbocycles. The van der Waals surface area contributed by atoms with Crippen LogP contribution in [0.1, 0.15) is 64.0 Å². The fraction of sp³-hybridized carbons (Fsp3) is 0.667. The van der Waals surface area contributed by atoms with Crippen LogP contribution in [0.2, 0.25) is 0 Å². The lowest BCUT2D eigenvalue weighted by molar-refractivity contribution is 0.535. The Bertz CT molecular complexity index is 326. The number of nitrogens with one attached hydrogen (secondary N) is 1. The predicted octanol–water partition coefficient (Wildman–Crippen LogP) is 4.77. The van der Waals surface area contributed by atoms with Gasteiger partial charge in [-0.2, -0.15) is 0 Å². The molecule has 1 heteroatoms. The summed E-state index contributed by atoms with van der Waals surface area (Å²) in [5.74, 6) is 1.45. The van der Waals surface area contributed by atoms with Gasteiger partial charge >= 0.3 is 0 Å². The molecule has 0 aliphatic heterocycles. The third-order valence-corrected chi connectivity index (χ3v) is 3.78. The van der Waals surface area contributed by atoms with E-state index in [0.717, 1.165) is 19.0 Å². The number of rotatable bonds is 9. The summed E-state index contributed by atoms with van der Waals surface area (Å²) in [4.78, 5) is 0. The van der Waals surface area contributed by atoms with Gasteiger partial charge in [-0.1, -0.05) is 52.0 Å². The summed E-state index contributed by atoms with van der Waals surface area (Å²) < 4.78 is 0. The van der Waals surface area contributed by atoms with Crippen molar-refractivity contribution in [3.05, 3.63) is 35.4 Å². The molecule has 0 aliphatic carbocycles. The van der Waals surface area contributed by atoms with Crippen molar-refractivity contribution < 1.29 is 0 Å². The Balaban J connectivity index is 2.19. The monoisotopic (exact) mass is 261 g/mol. The van der Waals surface area contributed by atoms with Gasteiger partial charge in [0.25, 0.3) is 0 Å². The van der Waals surface area contributed by atoms with Crippen LogP contribution < -0.4 is 5.32 Å². The molecule has 1 aromatic rings. The van der Waals surface area contributed by atoms with Crippen LogP contribution in [0.25, 0.3) is 0 Å². The predicted molar refractivity (Wildman–Crippen MR) is 85.8 cm³/mol. The van der Waals surface area contributed by atoms with E-state index < -0.39 is 0 Å². The first kappa shape index (κ1) is 16.2. The van der Waals surface area contributed by atoms with E-state index >= 15 is 0 Å². The van der Waals surface area contributed by atoms with Crippen LogP contribution in [0.5, 0.6) is 0 Å². The van der Waals surface area contributed by atoms with Crippen molar-refractivity contribution >= 4 is 0 Å². The first-order valence-electron chi connectivity index (χ1n) is 7.93. The lowest BCUT2D eigenvalue weighted by Gasteiger charge is -2.10. The van der Waals surface area contributed by atoms with Crippen LogP contribution in [0.3, 0.4) is 0 Å². The zero-order chi connectivity index (χ0) is 14.1. The minimum absolute atomic E-state index is 0.689. The van der Waals surface area contributed by atoms with Crippen molar-refractivity contribution in [3.63, 3.8) is 0 Å². The molecular weight excluding hydrogens is 230 g/mol. The highest BCUT2D eigenvalue weighted by Crippen LogP contribution is 2.19. The Morgan fingerprint density at radius 2 is 1.68 bits per heavy atom. The molecule has 0 spiro atoms. The van der Waals surface area contributed by atoms with Gasteiger partial charge in [0.15, 0.2) is 0 Å². The number of benzene rings is 1. The average molecular weight is 261 g/mol. The highest BCUT2D eigenvalue weighted by atomic mass is 14.8. The minimum Gasteiger partial charge on any atom is -0.316 e. The maximum Gasteiger partial charge on any atom is -0.00258 e. The minimum atomic E-state index is 0.689. The van der Waals surface area contributed by atoms with Gasteiger partial charge in [0.2, 0.25) is 0 Å². The zero-order valence-corrected chi connectivity index (χ0v) is 13.2. The van der Waals surface area contributed by atoms with Crippen LogP contribution in [-0.2, 0) is 6.42 Å². The normalized spacial score (nSPS) is 12.9. The number of hydrogen-bond donors (Lipinski definition) is 1. The molecule has 0 aromatic heterocycles. The van der Waals surface area contributed by atoms with Crippen LogP contribution in [0.15, 0.2) is 24.3 Å². The molecule has 1 nitrogen and oxygen atoms in total. The molecule has 1 aromatic carbocycles. The summed E-state index contributed by atoms with van der Waals surface area (Å²) >= 11 is 0. The zero-order valence-electron chi connectivity index (χ0n) is 13.2. The molecule has 108 valence electrons. The first-order chi connectivity index (χ1) is 9.13. The largest absolute Gasteiger partial charge is 0.316 e. The lowest BCUT2D eigenvalue weighted by atomic mass is 9.96. The Morgan fingerprint density at radius 1 is 1.00 bits per heavy atom. The molecule has 1 unspecified atom stereocenters. The van der Waals surface area contributed by atoms with Crippen LogP contribution in [0, 0.1) is 5.92 Å². The molecule has 0 bridgehead atoms. The Labute approximate surface area is 119 Å². The summed E-state index contributed by atoms with van der Waals surface area (Å²) in [6, 6.07) is 9.23. The maximum absolute atomic E-state index is 3.50. The summed E-state index contributed by atoms with van der Waals surface area (Å²) in [5.41, 5.74) is 2.96. The summed E-state index contributed by atoms with van der Waals surface area (Å²) in [7, 11) is 0. The third-order valence-electron chi connectivity index (χ3n) is 3.78. The number of hydrogen-bond acceptors (Lipinski definition) is 1. The van der Waals surface area contributed by atoms with Crippen molar-refractivity contribution in [2.75, 3.05) is 13.1 Å². The first-order valence-corrected chi connectivity index (χ1v) is 7.93. The molecule has 0 aliphatic rings. The molecule has 0 saturated heterocycles. The second-order valence-corrected chi connectivity index (χ2v) is 6.11. The van der Waals surface area contributed by atoms with Gasteiger partial charge in [0.05, 0.1) is 0 Å².